The second kappa shape index (κ2) is 7.28. The molecule has 1 heterocycles. The first kappa shape index (κ1) is 17.5. The summed E-state index contributed by atoms with van der Waals surface area (Å²) in [6, 6.07) is 12.0. The van der Waals surface area contributed by atoms with Crippen LogP contribution in [0.25, 0.3) is 10.1 Å². The summed E-state index contributed by atoms with van der Waals surface area (Å²) in [5.41, 5.74) is -0.730. The molecule has 0 saturated heterocycles. The number of benzene rings is 2. The standard InChI is InChI=1S/C17H11FN2O5S/c18-12-6-5-11(8-13(12)20(23)24)19-16(21)9-25-17(22)15-7-10-3-1-2-4-14(10)26-15/h1-8H,9H2,(H,19,21). The Labute approximate surface area is 150 Å². The number of nitro benzene ring substituents is 1. The molecule has 132 valence electrons. The van der Waals surface area contributed by atoms with E-state index in [0.717, 1.165) is 22.2 Å². The van der Waals surface area contributed by atoms with Gasteiger partial charge in [-0.15, -0.1) is 11.3 Å². The highest BCUT2D eigenvalue weighted by atomic mass is 32.1. The van der Waals surface area contributed by atoms with Crippen molar-refractivity contribution in [1.82, 2.24) is 0 Å². The molecule has 3 rings (SSSR count). The van der Waals surface area contributed by atoms with E-state index in [1.807, 2.05) is 24.3 Å². The number of rotatable bonds is 5. The van der Waals surface area contributed by atoms with Gasteiger partial charge in [0.15, 0.2) is 6.61 Å². The summed E-state index contributed by atoms with van der Waals surface area (Å²) >= 11 is 1.24. The number of nitro groups is 1. The Morgan fingerprint density at radius 3 is 2.69 bits per heavy atom. The molecular weight excluding hydrogens is 363 g/mol. The monoisotopic (exact) mass is 374 g/mol. The zero-order chi connectivity index (χ0) is 18.7. The molecule has 26 heavy (non-hydrogen) atoms. The number of esters is 1. The number of ether oxygens (including phenoxy) is 1. The SMILES string of the molecule is O=C(COC(=O)c1cc2ccccc2s1)Nc1ccc(F)c([N+](=O)[O-])c1. The Bertz CT molecular complexity index is 984. The minimum atomic E-state index is -1.01. The molecule has 0 unspecified atom stereocenters. The number of halogens is 1. The third-order valence-electron chi connectivity index (χ3n) is 3.39. The molecule has 0 aliphatic rings. The molecule has 0 saturated carbocycles. The van der Waals surface area contributed by atoms with Gasteiger partial charge in [0.05, 0.1) is 4.92 Å². The molecule has 0 spiro atoms. The topological polar surface area (TPSA) is 98.5 Å². The van der Waals surface area contributed by atoms with Crippen molar-refractivity contribution in [3.63, 3.8) is 0 Å². The summed E-state index contributed by atoms with van der Waals surface area (Å²) < 4.78 is 19.1. The number of anilines is 1. The van der Waals surface area contributed by atoms with Gasteiger partial charge in [0.2, 0.25) is 5.82 Å². The van der Waals surface area contributed by atoms with Crippen molar-refractivity contribution in [3.05, 3.63) is 69.3 Å². The highest BCUT2D eigenvalue weighted by Crippen LogP contribution is 2.26. The Balaban J connectivity index is 1.61. The van der Waals surface area contributed by atoms with Gasteiger partial charge in [-0.05, 0) is 29.7 Å². The maximum atomic E-state index is 13.3. The molecule has 0 radical (unpaired) electrons. The fourth-order valence-electron chi connectivity index (χ4n) is 2.21. The average molecular weight is 374 g/mol. The molecular formula is C17H11FN2O5S. The molecule has 7 nitrogen and oxygen atoms in total. The van der Waals surface area contributed by atoms with Gasteiger partial charge in [0.1, 0.15) is 4.88 Å². The Kier molecular flexibility index (Phi) is 4.90. The fourth-order valence-corrected chi connectivity index (χ4v) is 3.17. The summed E-state index contributed by atoms with van der Waals surface area (Å²) in [6.45, 7) is -0.571. The summed E-state index contributed by atoms with van der Waals surface area (Å²) in [4.78, 5) is 34.0. The Morgan fingerprint density at radius 1 is 1.19 bits per heavy atom. The van der Waals surface area contributed by atoms with Crippen LogP contribution in [0.1, 0.15) is 9.67 Å². The van der Waals surface area contributed by atoms with Gasteiger partial charge in [0, 0.05) is 16.5 Å². The first-order chi connectivity index (χ1) is 12.4. The number of thiophene rings is 1. The van der Waals surface area contributed by atoms with Crippen LogP contribution in [0.3, 0.4) is 0 Å². The number of nitrogens with zero attached hydrogens (tertiary/aromatic N) is 1. The van der Waals surface area contributed by atoms with Gasteiger partial charge in [-0.3, -0.25) is 14.9 Å². The van der Waals surface area contributed by atoms with Gasteiger partial charge >= 0.3 is 11.7 Å². The second-order valence-electron chi connectivity index (χ2n) is 5.20. The number of hydrogen-bond donors (Lipinski definition) is 1. The van der Waals surface area contributed by atoms with Crippen LogP contribution < -0.4 is 5.32 Å². The zero-order valence-electron chi connectivity index (χ0n) is 13.1. The van der Waals surface area contributed by atoms with Gasteiger partial charge in [-0.2, -0.15) is 4.39 Å². The zero-order valence-corrected chi connectivity index (χ0v) is 13.9. The number of carbonyl (C=O) groups excluding carboxylic acids is 2. The predicted octanol–water partition coefficient (Wildman–Crippen LogP) is 3.74. The summed E-state index contributed by atoms with van der Waals surface area (Å²) in [5, 5.41) is 13.9. The summed E-state index contributed by atoms with van der Waals surface area (Å²) in [5.74, 6) is -2.35. The van der Waals surface area contributed by atoms with Crippen LogP contribution in [0.5, 0.6) is 0 Å². The minimum absolute atomic E-state index is 0.0287. The van der Waals surface area contributed by atoms with E-state index in [1.165, 1.54) is 17.4 Å². The van der Waals surface area contributed by atoms with Crippen molar-refractivity contribution < 1.29 is 23.6 Å². The number of fused-ring (bicyclic) bond motifs is 1. The predicted molar refractivity (Wildman–Crippen MR) is 93.8 cm³/mol. The fraction of sp³-hybridized carbons (Fsp3) is 0.0588. The van der Waals surface area contributed by atoms with E-state index < -0.39 is 34.9 Å². The first-order valence-corrected chi connectivity index (χ1v) is 8.15. The van der Waals surface area contributed by atoms with Gasteiger partial charge in [-0.1, -0.05) is 18.2 Å². The molecule has 0 aliphatic heterocycles. The van der Waals surface area contributed by atoms with E-state index in [4.69, 9.17) is 4.74 Å². The third-order valence-corrected chi connectivity index (χ3v) is 4.48. The van der Waals surface area contributed by atoms with Crippen LogP contribution in [-0.2, 0) is 9.53 Å². The molecule has 0 atom stereocenters. The third kappa shape index (κ3) is 3.83. The maximum absolute atomic E-state index is 13.3. The van der Waals surface area contributed by atoms with E-state index in [1.54, 1.807) is 6.07 Å². The average Bonchev–Trinajstić information content (AvgIpc) is 3.05. The molecule has 0 bridgehead atoms. The lowest BCUT2D eigenvalue weighted by Gasteiger charge is -2.06. The quantitative estimate of drug-likeness (QED) is 0.417. The second-order valence-corrected chi connectivity index (χ2v) is 6.28. The highest BCUT2D eigenvalue weighted by Gasteiger charge is 2.17. The van der Waals surface area contributed by atoms with Crippen LogP contribution in [0.2, 0.25) is 0 Å². The van der Waals surface area contributed by atoms with Crippen molar-refractivity contribution in [2.24, 2.45) is 0 Å². The van der Waals surface area contributed by atoms with Crippen LogP contribution in [0.15, 0.2) is 48.5 Å². The van der Waals surface area contributed by atoms with Gasteiger partial charge < -0.3 is 10.1 Å². The number of nitrogens with one attached hydrogen (secondary N) is 1. The van der Waals surface area contributed by atoms with Crippen LogP contribution in [-0.4, -0.2) is 23.4 Å². The van der Waals surface area contributed by atoms with Gasteiger partial charge in [-0.25, -0.2) is 4.79 Å². The number of hydrogen-bond acceptors (Lipinski definition) is 6. The van der Waals surface area contributed by atoms with Crippen molar-refractivity contribution in [3.8, 4) is 0 Å². The molecule has 0 fully saturated rings. The largest absolute Gasteiger partial charge is 0.451 e. The molecule has 9 heteroatoms. The highest BCUT2D eigenvalue weighted by molar-refractivity contribution is 7.20. The molecule has 2 aromatic carbocycles. The van der Waals surface area contributed by atoms with Gasteiger partial charge in [0.25, 0.3) is 5.91 Å². The minimum Gasteiger partial charge on any atom is -0.451 e. The van der Waals surface area contributed by atoms with E-state index in [9.17, 15) is 24.1 Å². The lowest BCUT2D eigenvalue weighted by Crippen LogP contribution is -2.20. The van der Waals surface area contributed by atoms with Crippen molar-refractivity contribution in [2.75, 3.05) is 11.9 Å². The van der Waals surface area contributed by atoms with E-state index in [0.29, 0.717) is 4.88 Å². The first-order valence-electron chi connectivity index (χ1n) is 7.33. The Morgan fingerprint density at radius 2 is 1.96 bits per heavy atom. The van der Waals surface area contributed by atoms with Crippen LogP contribution in [0.4, 0.5) is 15.8 Å². The lowest BCUT2D eigenvalue weighted by molar-refractivity contribution is -0.387. The lowest BCUT2D eigenvalue weighted by atomic mass is 10.2. The summed E-state index contributed by atoms with van der Waals surface area (Å²) in [7, 11) is 0. The van der Waals surface area contributed by atoms with Crippen molar-refractivity contribution in [1.29, 1.82) is 0 Å². The van der Waals surface area contributed by atoms with E-state index in [-0.39, 0.29) is 5.69 Å². The number of carbonyl (C=O) groups is 2. The molecule has 1 amide bonds. The molecule has 3 aromatic rings. The molecule has 0 aliphatic carbocycles. The molecule has 1 N–H and O–H groups in total. The normalized spacial score (nSPS) is 10.5. The number of amides is 1. The summed E-state index contributed by atoms with van der Waals surface area (Å²) in [6.07, 6.45) is 0. The van der Waals surface area contributed by atoms with Crippen LogP contribution in [0, 0.1) is 15.9 Å². The van der Waals surface area contributed by atoms with Crippen molar-refractivity contribution in [2.45, 2.75) is 0 Å². The Hall–Kier alpha value is -3.33. The van der Waals surface area contributed by atoms with Crippen LogP contribution >= 0.6 is 11.3 Å². The molecule has 1 aromatic heterocycles. The van der Waals surface area contributed by atoms with E-state index in [2.05, 4.69) is 5.32 Å². The smallest absolute Gasteiger partial charge is 0.348 e. The van der Waals surface area contributed by atoms with E-state index >= 15 is 0 Å². The maximum Gasteiger partial charge on any atom is 0.348 e. The van der Waals surface area contributed by atoms with Crippen molar-refractivity contribution >= 4 is 44.7 Å².